The van der Waals surface area contributed by atoms with Gasteiger partial charge in [0.25, 0.3) is 11.5 Å². The van der Waals surface area contributed by atoms with Crippen LogP contribution >= 0.6 is 0 Å². The number of rotatable bonds is 5. The molecule has 1 amide bonds. The van der Waals surface area contributed by atoms with E-state index < -0.39 is 0 Å². The molecule has 2 aromatic heterocycles. The van der Waals surface area contributed by atoms with Gasteiger partial charge in [-0.3, -0.25) is 9.59 Å². The number of amides is 1. The topological polar surface area (TPSA) is 80.4 Å². The van der Waals surface area contributed by atoms with Crippen LogP contribution in [0.25, 0.3) is 0 Å². The number of aromatic nitrogens is 2. The summed E-state index contributed by atoms with van der Waals surface area (Å²) in [4.78, 5) is 27.9. The van der Waals surface area contributed by atoms with Crippen molar-refractivity contribution in [3.8, 4) is 0 Å². The monoisotopic (exact) mass is 384 g/mol. The predicted molar refractivity (Wildman–Crippen MR) is 106 cm³/mol. The van der Waals surface area contributed by atoms with Gasteiger partial charge < -0.3 is 19.3 Å². The Kier molecular flexibility index (Phi) is 5.10. The van der Waals surface area contributed by atoms with Gasteiger partial charge in [-0.1, -0.05) is 18.1 Å². The van der Waals surface area contributed by atoms with Crippen LogP contribution in [-0.2, 0) is 0 Å². The smallest absolute Gasteiger partial charge is 0.256 e. The summed E-state index contributed by atoms with van der Waals surface area (Å²) in [5, 5.41) is 6.90. The Labute approximate surface area is 164 Å². The molecule has 2 aliphatic heterocycles. The Hall–Kier alpha value is -2.41. The number of carbonyl (C=O) groups is 1. The van der Waals surface area contributed by atoms with Gasteiger partial charge >= 0.3 is 0 Å². The van der Waals surface area contributed by atoms with Crippen LogP contribution in [0.2, 0.25) is 0 Å². The number of pyridine rings is 1. The van der Waals surface area contributed by atoms with E-state index in [-0.39, 0.29) is 17.5 Å². The number of carbonyl (C=O) groups excluding carboxylic acids is 1. The van der Waals surface area contributed by atoms with Gasteiger partial charge in [0, 0.05) is 37.3 Å². The van der Waals surface area contributed by atoms with E-state index in [1.807, 2.05) is 10.6 Å². The van der Waals surface area contributed by atoms with Crippen LogP contribution in [0.15, 0.2) is 27.5 Å². The molecule has 0 aromatic carbocycles. The molecule has 28 heavy (non-hydrogen) atoms. The van der Waals surface area contributed by atoms with Crippen molar-refractivity contribution < 1.29 is 9.32 Å². The average Bonchev–Trinajstić information content (AvgIpc) is 3.00. The fourth-order valence-corrected chi connectivity index (χ4v) is 4.99. The largest absolute Gasteiger partial charge is 0.361 e. The predicted octanol–water partition coefficient (Wildman–Crippen LogP) is 2.25. The van der Waals surface area contributed by atoms with Crippen molar-refractivity contribution in [3.63, 3.8) is 0 Å². The minimum Gasteiger partial charge on any atom is -0.361 e. The summed E-state index contributed by atoms with van der Waals surface area (Å²) in [7, 11) is 0. The first-order valence-corrected chi connectivity index (χ1v) is 10.1. The van der Waals surface area contributed by atoms with Crippen LogP contribution in [-0.4, -0.2) is 46.7 Å². The second-order valence-electron chi connectivity index (χ2n) is 8.09. The molecule has 3 atom stereocenters. The number of nitrogens with zero attached hydrogens (tertiary/aromatic N) is 3. The molecule has 2 aromatic rings. The molecule has 2 aliphatic rings. The lowest BCUT2D eigenvalue weighted by Crippen LogP contribution is -2.52. The third-order valence-corrected chi connectivity index (χ3v) is 6.15. The van der Waals surface area contributed by atoms with Crippen molar-refractivity contribution in [1.82, 2.24) is 19.9 Å². The molecule has 2 bridgehead atoms. The first-order chi connectivity index (χ1) is 13.5. The van der Waals surface area contributed by atoms with Crippen molar-refractivity contribution in [1.29, 1.82) is 0 Å². The Morgan fingerprint density at radius 1 is 1.32 bits per heavy atom. The van der Waals surface area contributed by atoms with Gasteiger partial charge in [0.1, 0.15) is 11.3 Å². The zero-order chi connectivity index (χ0) is 19.8. The van der Waals surface area contributed by atoms with E-state index in [4.69, 9.17) is 4.52 Å². The van der Waals surface area contributed by atoms with E-state index in [1.165, 1.54) is 0 Å². The van der Waals surface area contributed by atoms with Gasteiger partial charge in [-0.15, -0.1) is 0 Å². The van der Waals surface area contributed by atoms with E-state index in [0.29, 0.717) is 35.4 Å². The molecule has 150 valence electrons. The van der Waals surface area contributed by atoms with Crippen LogP contribution in [0.4, 0.5) is 0 Å². The van der Waals surface area contributed by atoms with Gasteiger partial charge in [-0.2, -0.15) is 0 Å². The molecule has 1 N–H and O–H groups in total. The molecule has 1 saturated heterocycles. The highest BCUT2D eigenvalue weighted by Gasteiger charge is 2.40. The van der Waals surface area contributed by atoms with Gasteiger partial charge in [-0.25, -0.2) is 0 Å². The molecule has 1 fully saturated rings. The Bertz CT molecular complexity index is 912. The quantitative estimate of drug-likeness (QED) is 0.855. The van der Waals surface area contributed by atoms with Crippen LogP contribution in [0.5, 0.6) is 0 Å². The minimum absolute atomic E-state index is 0.0210. The minimum atomic E-state index is -0.190. The molecule has 0 unspecified atom stereocenters. The molecule has 7 heteroatoms. The first kappa shape index (κ1) is 18.9. The summed E-state index contributed by atoms with van der Waals surface area (Å²) < 4.78 is 7.04. The molecule has 4 rings (SSSR count). The molecule has 0 saturated carbocycles. The number of hydrogen-bond acceptors (Lipinski definition) is 5. The number of nitrogens with one attached hydrogen (secondary N) is 1. The summed E-state index contributed by atoms with van der Waals surface area (Å²) in [6, 6.07) is 5.51. The van der Waals surface area contributed by atoms with Gasteiger partial charge in [-0.05, 0) is 45.2 Å². The molecular formula is C21H28N4O3. The highest BCUT2D eigenvalue weighted by atomic mass is 16.5. The summed E-state index contributed by atoms with van der Waals surface area (Å²) >= 11 is 0. The fourth-order valence-electron chi connectivity index (χ4n) is 4.99. The maximum atomic E-state index is 12.7. The first-order valence-electron chi connectivity index (χ1n) is 10.1. The van der Waals surface area contributed by atoms with E-state index in [0.717, 1.165) is 38.2 Å². The second kappa shape index (κ2) is 7.54. The lowest BCUT2D eigenvalue weighted by molar-refractivity contribution is 0.0819. The van der Waals surface area contributed by atoms with Gasteiger partial charge in [0.15, 0.2) is 0 Å². The van der Waals surface area contributed by atoms with Crippen LogP contribution in [0, 0.1) is 19.8 Å². The molecule has 0 spiro atoms. The lowest BCUT2D eigenvalue weighted by Gasteiger charge is -2.47. The Balaban J connectivity index is 1.61. The number of aryl methyl sites for hydroxylation is 2. The third-order valence-electron chi connectivity index (χ3n) is 6.15. The fraction of sp³-hybridized carbons (Fsp3) is 0.571. The molecular weight excluding hydrogens is 356 g/mol. The van der Waals surface area contributed by atoms with Crippen molar-refractivity contribution in [2.75, 3.05) is 26.2 Å². The van der Waals surface area contributed by atoms with Crippen LogP contribution in [0.3, 0.4) is 0 Å². The zero-order valence-electron chi connectivity index (χ0n) is 16.8. The summed E-state index contributed by atoms with van der Waals surface area (Å²) in [5.74, 6) is 1.06. The highest BCUT2D eigenvalue weighted by molar-refractivity contribution is 5.96. The highest BCUT2D eigenvalue weighted by Crippen LogP contribution is 2.40. The summed E-state index contributed by atoms with van der Waals surface area (Å²) in [6.45, 7) is 9.18. The van der Waals surface area contributed by atoms with E-state index >= 15 is 0 Å². The van der Waals surface area contributed by atoms with Crippen molar-refractivity contribution in [2.45, 2.75) is 45.6 Å². The second-order valence-corrected chi connectivity index (χ2v) is 8.09. The van der Waals surface area contributed by atoms with Crippen LogP contribution < -0.4 is 10.9 Å². The van der Waals surface area contributed by atoms with E-state index in [1.54, 1.807) is 19.9 Å². The lowest BCUT2D eigenvalue weighted by atomic mass is 9.78. The zero-order valence-corrected chi connectivity index (χ0v) is 16.8. The van der Waals surface area contributed by atoms with Crippen molar-refractivity contribution in [2.24, 2.45) is 5.92 Å². The van der Waals surface area contributed by atoms with E-state index in [9.17, 15) is 9.59 Å². The normalized spacial score (nSPS) is 24.0. The maximum Gasteiger partial charge on any atom is 0.256 e. The molecule has 4 heterocycles. The van der Waals surface area contributed by atoms with Gasteiger partial charge in [0.05, 0.1) is 11.7 Å². The molecule has 0 aliphatic carbocycles. The number of likely N-dealkylation sites (tertiary alicyclic amines) is 1. The standard InChI is InChI=1S/C21H28N4O3/c1-4-8-24-11-15-9-16(12-24)18(25-17(15)6-5-7-19(25)26)10-22-21(27)20-13(2)23-28-14(20)3/h5-7,15-16,18H,4,8-12H2,1-3H3,(H,22,27)/t15-,16+,18+/m1/s1. The summed E-state index contributed by atoms with van der Waals surface area (Å²) in [6.07, 6.45) is 2.18. The number of fused-ring (bicyclic) bond motifs is 4. The van der Waals surface area contributed by atoms with Crippen molar-refractivity contribution in [3.05, 3.63) is 51.3 Å². The Morgan fingerprint density at radius 2 is 2.14 bits per heavy atom. The molecule has 7 nitrogen and oxygen atoms in total. The SMILES string of the molecule is CCCN1C[C@H]2C[C@@H](C1)[C@H](CNC(=O)c1c(C)noc1C)n1c2cccc1=O. The van der Waals surface area contributed by atoms with Crippen LogP contribution in [0.1, 0.15) is 59.2 Å². The van der Waals surface area contributed by atoms with E-state index in [2.05, 4.69) is 28.4 Å². The van der Waals surface area contributed by atoms with Crippen molar-refractivity contribution >= 4 is 5.91 Å². The summed E-state index contributed by atoms with van der Waals surface area (Å²) in [5.41, 5.74) is 2.20. The third kappa shape index (κ3) is 3.28. The number of piperidine rings is 1. The Morgan fingerprint density at radius 3 is 2.86 bits per heavy atom. The molecule has 0 radical (unpaired) electrons. The average molecular weight is 384 g/mol. The maximum absolute atomic E-state index is 12.7. The van der Waals surface area contributed by atoms with Gasteiger partial charge in [0.2, 0.25) is 0 Å². The number of hydrogen-bond donors (Lipinski definition) is 1.